The number of sulfone groups is 1. The molecule has 0 aliphatic carbocycles. The fourth-order valence-corrected chi connectivity index (χ4v) is 5.43. The minimum absolute atomic E-state index is 0.00793. The molecule has 1 aliphatic rings. The van der Waals surface area contributed by atoms with Crippen molar-refractivity contribution in [3.8, 4) is 11.5 Å². The summed E-state index contributed by atoms with van der Waals surface area (Å²) in [5, 5.41) is 2.75. The van der Waals surface area contributed by atoms with E-state index in [4.69, 9.17) is 9.47 Å². The first-order valence-corrected chi connectivity index (χ1v) is 12.3. The first-order valence-electron chi connectivity index (χ1n) is 10.0. The van der Waals surface area contributed by atoms with E-state index in [1.54, 1.807) is 50.2 Å². The molecule has 1 amide bonds. The number of nitrogens with zero attached hydrogens (tertiary/aromatic N) is 1. The lowest BCUT2D eigenvalue weighted by molar-refractivity contribution is -0.121. The van der Waals surface area contributed by atoms with Crippen molar-refractivity contribution < 1.29 is 22.7 Å². The number of rotatable bonds is 6. The summed E-state index contributed by atoms with van der Waals surface area (Å²) in [5.74, 6) is 0.829. The van der Waals surface area contributed by atoms with Gasteiger partial charge in [-0.15, -0.1) is 0 Å². The molecular formula is C23H21BrN2O6S. The number of hydrogen-bond acceptors (Lipinski definition) is 6. The van der Waals surface area contributed by atoms with Gasteiger partial charge in [0.15, 0.2) is 11.5 Å². The summed E-state index contributed by atoms with van der Waals surface area (Å²) in [4.78, 5) is 25.5. The van der Waals surface area contributed by atoms with Gasteiger partial charge in [0.05, 0.1) is 4.90 Å². The molecule has 0 fully saturated rings. The zero-order valence-electron chi connectivity index (χ0n) is 17.9. The normalized spacial score (nSPS) is 12.6. The molecule has 0 saturated heterocycles. The highest BCUT2D eigenvalue weighted by Crippen LogP contribution is 2.32. The number of nitrogens with one attached hydrogen (secondary N) is 1. The summed E-state index contributed by atoms with van der Waals surface area (Å²) in [6.45, 7) is 3.31. The van der Waals surface area contributed by atoms with E-state index in [0.29, 0.717) is 22.8 Å². The summed E-state index contributed by atoms with van der Waals surface area (Å²) >= 11 is 3.27. The molecule has 0 unspecified atom stereocenters. The molecule has 4 rings (SSSR count). The molecular weight excluding hydrogens is 512 g/mol. The maximum atomic E-state index is 13.2. The Morgan fingerprint density at radius 1 is 1.06 bits per heavy atom. The van der Waals surface area contributed by atoms with E-state index < -0.39 is 21.3 Å². The highest BCUT2D eigenvalue weighted by atomic mass is 79.9. The number of halogens is 1. The topological polar surface area (TPSA) is 104 Å². The fourth-order valence-electron chi connectivity index (χ4n) is 3.61. The van der Waals surface area contributed by atoms with E-state index in [2.05, 4.69) is 21.2 Å². The third-order valence-corrected chi connectivity index (χ3v) is 7.73. The zero-order chi connectivity index (χ0) is 23.8. The number of carbonyl (C=O) groups excluding carboxylic acids is 1. The van der Waals surface area contributed by atoms with Crippen molar-refractivity contribution in [2.45, 2.75) is 36.7 Å². The lowest BCUT2D eigenvalue weighted by Gasteiger charge is -2.15. The van der Waals surface area contributed by atoms with E-state index in [0.717, 1.165) is 10.0 Å². The number of ether oxygens (including phenoxy) is 2. The average Bonchev–Trinajstić information content (AvgIpc) is 3.23. The average molecular weight is 533 g/mol. The lowest BCUT2D eigenvalue weighted by Crippen LogP contribution is -2.35. The molecule has 1 N–H and O–H groups in total. The summed E-state index contributed by atoms with van der Waals surface area (Å²) in [7, 11) is -4.06. The Labute approximate surface area is 199 Å². The molecule has 3 aromatic rings. The SMILES string of the molecule is Cc1cc(C)n(CC(=O)NCc2ccc3c(c2)OCO3)c(=O)c1S(=O)(=O)c1ccc(Br)cc1. The van der Waals surface area contributed by atoms with Crippen LogP contribution in [0.5, 0.6) is 11.5 Å². The Hall–Kier alpha value is -3.11. The van der Waals surface area contributed by atoms with Gasteiger partial charge in [0.25, 0.3) is 5.56 Å². The molecule has 172 valence electrons. The van der Waals surface area contributed by atoms with Gasteiger partial charge in [0, 0.05) is 16.7 Å². The van der Waals surface area contributed by atoms with Crippen LogP contribution in [-0.4, -0.2) is 25.7 Å². The minimum atomic E-state index is -4.06. The number of aromatic nitrogens is 1. The van der Waals surface area contributed by atoms with Crippen LogP contribution in [0.1, 0.15) is 16.8 Å². The van der Waals surface area contributed by atoms with Crippen molar-refractivity contribution in [2.75, 3.05) is 6.79 Å². The van der Waals surface area contributed by atoms with Crippen LogP contribution in [0.3, 0.4) is 0 Å². The third kappa shape index (κ3) is 4.67. The van der Waals surface area contributed by atoms with Gasteiger partial charge in [-0.3, -0.25) is 9.59 Å². The summed E-state index contributed by atoms with van der Waals surface area (Å²) in [6, 6.07) is 13.0. The van der Waals surface area contributed by atoms with Crippen LogP contribution >= 0.6 is 15.9 Å². The Kier molecular flexibility index (Phi) is 6.31. The number of fused-ring (bicyclic) bond motifs is 1. The van der Waals surface area contributed by atoms with Crippen molar-refractivity contribution in [3.05, 3.63) is 80.2 Å². The van der Waals surface area contributed by atoms with Gasteiger partial charge in [-0.2, -0.15) is 0 Å². The van der Waals surface area contributed by atoms with Gasteiger partial charge in [-0.1, -0.05) is 22.0 Å². The fraction of sp³-hybridized carbons (Fsp3) is 0.217. The number of aryl methyl sites for hydroxylation is 2. The van der Waals surface area contributed by atoms with Crippen LogP contribution < -0.4 is 20.3 Å². The van der Waals surface area contributed by atoms with E-state index >= 15 is 0 Å². The van der Waals surface area contributed by atoms with Crippen LogP contribution in [0.15, 0.2) is 67.6 Å². The summed E-state index contributed by atoms with van der Waals surface area (Å²) in [5.41, 5.74) is 0.899. The minimum Gasteiger partial charge on any atom is -0.454 e. The van der Waals surface area contributed by atoms with Gasteiger partial charge in [-0.05, 0) is 67.4 Å². The van der Waals surface area contributed by atoms with Crippen LogP contribution in [0, 0.1) is 13.8 Å². The third-order valence-electron chi connectivity index (χ3n) is 5.27. The highest BCUT2D eigenvalue weighted by Gasteiger charge is 2.26. The molecule has 1 aliphatic heterocycles. The molecule has 8 nitrogen and oxygen atoms in total. The Morgan fingerprint density at radius 2 is 1.76 bits per heavy atom. The Balaban J connectivity index is 1.57. The first-order chi connectivity index (χ1) is 15.7. The molecule has 0 bridgehead atoms. The number of carbonyl (C=O) groups is 1. The predicted molar refractivity (Wildman–Crippen MR) is 124 cm³/mol. The van der Waals surface area contributed by atoms with Crippen molar-refractivity contribution in [1.29, 1.82) is 0 Å². The quantitative estimate of drug-likeness (QED) is 0.523. The van der Waals surface area contributed by atoms with E-state index in [9.17, 15) is 18.0 Å². The molecule has 10 heteroatoms. The number of pyridine rings is 1. The standard InChI is InChI=1S/C23H21BrN2O6S/c1-14-9-15(2)26(23(28)22(14)33(29,30)18-6-4-17(24)5-7-18)12-21(27)25-11-16-3-8-19-20(10-16)32-13-31-19/h3-10H,11-13H2,1-2H3,(H,25,27). The Bertz CT molecular complexity index is 1400. The second kappa shape index (κ2) is 9.03. The van der Waals surface area contributed by atoms with E-state index in [-0.39, 0.29) is 29.7 Å². The predicted octanol–water partition coefficient (Wildman–Crippen LogP) is 3.11. The maximum absolute atomic E-state index is 13.2. The van der Waals surface area contributed by atoms with Crippen molar-refractivity contribution in [3.63, 3.8) is 0 Å². The Morgan fingerprint density at radius 3 is 2.48 bits per heavy atom. The van der Waals surface area contributed by atoms with Gasteiger partial charge in [0.2, 0.25) is 22.5 Å². The van der Waals surface area contributed by atoms with Crippen LogP contribution in [0.4, 0.5) is 0 Å². The number of amides is 1. The molecule has 0 atom stereocenters. The summed E-state index contributed by atoms with van der Waals surface area (Å²) in [6.07, 6.45) is 0. The first kappa shape index (κ1) is 23.1. The summed E-state index contributed by atoms with van der Waals surface area (Å²) < 4.78 is 38.9. The van der Waals surface area contributed by atoms with Crippen LogP contribution in [-0.2, 0) is 27.7 Å². The van der Waals surface area contributed by atoms with Crippen LogP contribution in [0.25, 0.3) is 0 Å². The number of benzene rings is 2. The molecule has 2 heterocycles. The van der Waals surface area contributed by atoms with Gasteiger partial charge in [-0.25, -0.2) is 8.42 Å². The monoisotopic (exact) mass is 532 g/mol. The van der Waals surface area contributed by atoms with Crippen LogP contribution in [0.2, 0.25) is 0 Å². The zero-order valence-corrected chi connectivity index (χ0v) is 20.3. The smallest absolute Gasteiger partial charge is 0.270 e. The molecule has 33 heavy (non-hydrogen) atoms. The van der Waals surface area contributed by atoms with Crippen molar-refractivity contribution in [1.82, 2.24) is 9.88 Å². The molecule has 1 aromatic heterocycles. The molecule has 2 aromatic carbocycles. The molecule has 0 spiro atoms. The van der Waals surface area contributed by atoms with E-state index in [1.165, 1.54) is 16.7 Å². The second-order valence-electron chi connectivity index (χ2n) is 7.61. The van der Waals surface area contributed by atoms with E-state index in [1.807, 2.05) is 0 Å². The second-order valence-corrected chi connectivity index (χ2v) is 10.4. The van der Waals surface area contributed by atoms with Crippen molar-refractivity contribution in [2.24, 2.45) is 0 Å². The largest absolute Gasteiger partial charge is 0.454 e. The maximum Gasteiger partial charge on any atom is 0.270 e. The van der Waals surface area contributed by atoms with Gasteiger partial charge >= 0.3 is 0 Å². The molecule has 0 radical (unpaired) electrons. The van der Waals surface area contributed by atoms with Crippen molar-refractivity contribution >= 4 is 31.7 Å². The highest BCUT2D eigenvalue weighted by molar-refractivity contribution is 9.10. The lowest BCUT2D eigenvalue weighted by atomic mass is 10.2. The van der Waals surface area contributed by atoms with Gasteiger partial charge < -0.3 is 19.4 Å². The van der Waals surface area contributed by atoms with Gasteiger partial charge in [0.1, 0.15) is 11.4 Å². The molecule has 0 saturated carbocycles. The number of hydrogen-bond donors (Lipinski definition) is 1.